The Morgan fingerprint density at radius 3 is 2.57 bits per heavy atom. The van der Waals surface area contributed by atoms with Crippen LogP contribution in [0, 0.1) is 6.92 Å². The second kappa shape index (κ2) is 9.60. The van der Waals surface area contributed by atoms with Crippen LogP contribution in [0.5, 0.6) is 0 Å². The Hall–Kier alpha value is -3.81. The van der Waals surface area contributed by atoms with E-state index in [4.69, 9.17) is 9.15 Å². The Labute approximate surface area is 173 Å². The molecule has 1 heterocycles. The summed E-state index contributed by atoms with van der Waals surface area (Å²) in [7, 11) is 0. The van der Waals surface area contributed by atoms with Gasteiger partial charge in [0, 0.05) is 23.2 Å². The summed E-state index contributed by atoms with van der Waals surface area (Å²) in [6.45, 7) is 3.00. The Bertz CT molecular complexity index is 1060. The minimum Gasteiger partial charge on any atom is -0.456 e. The Morgan fingerprint density at radius 1 is 1.07 bits per heavy atom. The van der Waals surface area contributed by atoms with Gasteiger partial charge in [0.25, 0.3) is 5.91 Å². The molecule has 0 saturated carbocycles. The quantitative estimate of drug-likeness (QED) is 0.450. The maximum absolute atomic E-state index is 11.9. The predicted molar refractivity (Wildman–Crippen MR) is 109 cm³/mol. The molecule has 30 heavy (non-hydrogen) atoms. The summed E-state index contributed by atoms with van der Waals surface area (Å²) in [6.07, 6.45) is 0.211. The number of carbonyl (C=O) groups is 3. The van der Waals surface area contributed by atoms with Gasteiger partial charge in [-0.3, -0.25) is 14.4 Å². The molecule has 0 aliphatic heterocycles. The summed E-state index contributed by atoms with van der Waals surface area (Å²) in [5.74, 6) is -0.469. The first kappa shape index (κ1) is 20.9. The molecule has 0 atom stereocenters. The number of amides is 1. The molecule has 0 radical (unpaired) electrons. The van der Waals surface area contributed by atoms with Gasteiger partial charge in [0.15, 0.2) is 12.4 Å². The van der Waals surface area contributed by atoms with E-state index < -0.39 is 18.5 Å². The van der Waals surface area contributed by atoms with E-state index in [1.54, 1.807) is 24.3 Å². The first-order valence-electron chi connectivity index (χ1n) is 9.36. The normalized spacial score (nSPS) is 10.5. The third-order valence-corrected chi connectivity index (χ3v) is 4.23. The smallest absolute Gasteiger partial charge is 0.306 e. The van der Waals surface area contributed by atoms with Gasteiger partial charge in [-0.1, -0.05) is 29.8 Å². The van der Waals surface area contributed by atoms with E-state index in [0.717, 1.165) is 11.1 Å². The van der Waals surface area contributed by atoms with Crippen LogP contribution in [-0.4, -0.2) is 34.5 Å². The molecule has 8 nitrogen and oxygen atoms in total. The van der Waals surface area contributed by atoms with Gasteiger partial charge in [0.2, 0.25) is 11.8 Å². The number of hydrogen-bond acceptors (Lipinski definition) is 7. The van der Waals surface area contributed by atoms with E-state index in [0.29, 0.717) is 23.0 Å². The van der Waals surface area contributed by atoms with Crippen molar-refractivity contribution < 1.29 is 23.5 Å². The molecule has 8 heteroatoms. The van der Waals surface area contributed by atoms with Gasteiger partial charge in [0.1, 0.15) is 0 Å². The van der Waals surface area contributed by atoms with Crippen LogP contribution in [0.1, 0.15) is 35.2 Å². The van der Waals surface area contributed by atoms with Crippen LogP contribution in [0.25, 0.3) is 11.5 Å². The number of hydrogen-bond donors (Lipinski definition) is 1. The highest BCUT2D eigenvalue weighted by molar-refractivity contribution is 5.97. The Balaban J connectivity index is 1.44. The molecule has 1 amide bonds. The number of aryl methyl sites for hydroxylation is 2. The first-order chi connectivity index (χ1) is 14.4. The number of anilines is 1. The minimum absolute atomic E-state index is 0.00261. The second-order valence-corrected chi connectivity index (χ2v) is 6.71. The van der Waals surface area contributed by atoms with E-state index in [9.17, 15) is 14.4 Å². The van der Waals surface area contributed by atoms with Crippen molar-refractivity contribution in [2.24, 2.45) is 0 Å². The van der Waals surface area contributed by atoms with Gasteiger partial charge in [-0.15, -0.1) is 10.2 Å². The number of carbonyl (C=O) groups excluding carboxylic acids is 3. The Morgan fingerprint density at radius 2 is 1.83 bits per heavy atom. The van der Waals surface area contributed by atoms with Crippen LogP contribution >= 0.6 is 0 Å². The first-order valence-corrected chi connectivity index (χ1v) is 9.36. The molecule has 0 spiro atoms. The number of nitrogens with one attached hydrogen (secondary N) is 1. The SMILES string of the molecule is CC(=O)c1cccc(NC(=O)COC(=O)CCc2nnc(-c3ccc(C)cc3)o2)c1. The molecule has 0 aliphatic rings. The summed E-state index contributed by atoms with van der Waals surface area (Å²) in [4.78, 5) is 35.2. The van der Waals surface area contributed by atoms with Crippen LogP contribution in [0.3, 0.4) is 0 Å². The van der Waals surface area contributed by atoms with Crippen molar-refractivity contribution in [3.8, 4) is 11.5 Å². The maximum atomic E-state index is 11.9. The molecule has 3 aromatic rings. The fraction of sp³-hybridized carbons (Fsp3) is 0.227. The number of rotatable bonds is 8. The van der Waals surface area contributed by atoms with Crippen molar-refractivity contribution >= 4 is 23.3 Å². The minimum atomic E-state index is -0.558. The number of ether oxygens (including phenoxy) is 1. The maximum Gasteiger partial charge on any atom is 0.306 e. The topological polar surface area (TPSA) is 111 Å². The molecule has 0 aliphatic carbocycles. The highest BCUT2D eigenvalue weighted by Gasteiger charge is 2.13. The van der Waals surface area contributed by atoms with Gasteiger partial charge in [0.05, 0.1) is 6.42 Å². The van der Waals surface area contributed by atoms with Crippen molar-refractivity contribution in [3.63, 3.8) is 0 Å². The number of esters is 1. The highest BCUT2D eigenvalue weighted by atomic mass is 16.5. The van der Waals surface area contributed by atoms with Crippen LogP contribution in [0.4, 0.5) is 5.69 Å². The second-order valence-electron chi connectivity index (χ2n) is 6.71. The van der Waals surface area contributed by atoms with E-state index >= 15 is 0 Å². The molecule has 2 aromatic carbocycles. The van der Waals surface area contributed by atoms with Crippen molar-refractivity contribution in [3.05, 3.63) is 65.5 Å². The van der Waals surface area contributed by atoms with Crippen LogP contribution < -0.4 is 5.32 Å². The summed E-state index contributed by atoms with van der Waals surface area (Å²) >= 11 is 0. The van der Waals surface area contributed by atoms with Crippen LogP contribution in [0.15, 0.2) is 52.9 Å². The standard InChI is InChI=1S/C22H21N3O5/c1-14-6-8-16(9-7-14)22-25-24-20(30-22)10-11-21(28)29-13-19(27)23-18-5-3-4-17(12-18)15(2)26/h3-9,12H,10-11,13H2,1-2H3,(H,23,27). The zero-order valence-corrected chi connectivity index (χ0v) is 16.7. The lowest BCUT2D eigenvalue weighted by atomic mass is 10.1. The molecule has 0 fully saturated rings. The molecular weight excluding hydrogens is 386 g/mol. The lowest BCUT2D eigenvalue weighted by molar-refractivity contribution is -0.147. The zero-order chi connectivity index (χ0) is 21.5. The summed E-state index contributed by atoms with van der Waals surface area (Å²) in [6, 6.07) is 14.2. The molecule has 0 unspecified atom stereocenters. The number of Topliss-reactive ketones (excluding diaryl/α,β-unsaturated/α-hetero) is 1. The molecule has 154 valence electrons. The number of nitrogens with zero attached hydrogens (tertiary/aromatic N) is 2. The van der Waals surface area contributed by atoms with Crippen LogP contribution in [-0.2, 0) is 20.7 Å². The van der Waals surface area contributed by atoms with E-state index in [2.05, 4.69) is 15.5 Å². The van der Waals surface area contributed by atoms with Crippen LogP contribution in [0.2, 0.25) is 0 Å². The number of benzene rings is 2. The van der Waals surface area contributed by atoms with Crippen molar-refractivity contribution in [1.29, 1.82) is 0 Å². The fourth-order valence-corrected chi connectivity index (χ4v) is 2.61. The number of aromatic nitrogens is 2. The molecule has 1 aromatic heterocycles. The van der Waals surface area contributed by atoms with Crippen molar-refractivity contribution in [2.45, 2.75) is 26.7 Å². The Kier molecular flexibility index (Phi) is 6.69. The van der Waals surface area contributed by atoms with Gasteiger partial charge in [-0.25, -0.2) is 0 Å². The molecule has 0 saturated heterocycles. The third-order valence-electron chi connectivity index (χ3n) is 4.23. The fourth-order valence-electron chi connectivity index (χ4n) is 2.61. The third kappa shape index (κ3) is 5.84. The predicted octanol–water partition coefficient (Wildman–Crippen LogP) is 3.36. The van der Waals surface area contributed by atoms with E-state index in [1.165, 1.54) is 6.92 Å². The molecule has 3 rings (SSSR count). The summed E-state index contributed by atoms with van der Waals surface area (Å²) < 4.78 is 10.5. The summed E-state index contributed by atoms with van der Waals surface area (Å²) in [5.41, 5.74) is 2.86. The monoisotopic (exact) mass is 407 g/mol. The average Bonchev–Trinajstić information content (AvgIpc) is 3.20. The van der Waals surface area contributed by atoms with E-state index in [1.807, 2.05) is 31.2 Å². The van der Waals surface area contributed by atoms with E-state index in [-0.39, 0.29) is 18.6 Å². The number of ketones is 1. The zero-order valence-electron chi connectivity index (χ0n) is 16.7. The molecular formula is C22H21N3O5. The lowest BCUT2D eigenvalue weighted by Crippen LogP contribution is -2.21. The van der Waals surface area contributed by atoms with Crippen molar-refractivity contribution in [2.75, 3.05) is 11.9 Å². The van der Waals surface area contributed by atoms with Gasteiger partial charge in [-0.05, 0) is 38.1 Å². The molecule has 1 N–H and O–H groups in total. The van der Waals surface area contributed by atoms with Gasteiger partial charge in [-0.2, -0.15) is 0 Å². The average molecular weight is 407 g/mol. The molecule has 0 bridgehead atoms. The van der Waals surface area contributed by atoms with Gasteiger partial charge < -0.3 is 14.5 Å². The summed E-state index contributed by atoms with van der Waals surface area (Å²) in [5, 5.41) is 10.5. The van der Waals surface area contributed by atoms with Gasteiger partial charge >= 0.3 is 5.97 Å². The van der Waals surface area contributed by atoms with Crippen molar-refractivity contribution in [1.82, 2.24) is 10.2 Å². The largest absolute Gasteiger partial charge is 0.456 e. The highest BCUT2D eigenvalue weighted by Crippen LogP contribution is 2.18. The lowest BCUT2D eigenvalue weighted by Gasteiger charge is -2.07.